The lowest BCUT2D eigenvalue weighted by molar-refractivity contribution is -0.135. The zero-order valence-corrected chi connectivity index (χ0v) is 14.6. The first-order chi connectivity index (χ1) is 11.9. The minimum absolute atomic E-state index is 0.0928. The number of carbonyl (C=O) groups excluding carboxylic acids is 1. The van der Waals surface area contributed by atoms with Crippen LogP contribution in [0.3, 0.4) is 0 Å². The highest BCUT2D eigenvalue weighted by Gasteiger charge is 2.29. The second kappa shape index (κ2) is 6.90. The summed E-state index contributed by atoms with van der Waals surface area (Å²) in [6, 6.07) is 5.44. The number of hydrogen-bond acceptors (Lipinski definition) is 6. The third kappa shape index (κ3) is 3.70. The van der Waals surface area contributed by atoms with Crippen molar-refractivity contribution >= 4 is 33.2 Å². The second-order valence-corrected chi connectivity index (χ2v) is 8.29. The number of fused-ring (bicyclic) bond motifs is 1. The molecule has 0 aliphatic carbocycles. The van der Waals surface area contributed by atoms with E-state index in [1.807, 2.05) is 0 Å². The Hall–Kier alpha value is -2.30. The second-order valence-electron chi connectivity index (χ2n) is 5.41. The number of carbonyl (C=O) groups is 2. The first-order valence-corrected chi connectivity index (χ1v) is 9.71. The van der Waals surface area contributed by atoms with Gasteiger partial charge >= 0.3 is 5.97 Å². The number of carboxylic acid groups (broad SMARTS) is 1. The Kier molecular flexibility index (Phi) is 4.84. The van der Waals surface area contributed by atoms with E-state index in [0.29, 0.717) is 19.5 Å². The average molecular weight is 381 g/mol. The van der Waals surface area contributed by atoms with Crippen LogP contribution in [0.4, 0.5) is 0 Å². The molecule has 0 saturated carbocycles. The Morgan fingerprint density at radius 3 is 2.68 bits per heavy atom. The van der Waals surface area contributed by atoms with E-state index in [0.717, 1.165) is 10.6 Å². The van der Waals surface area contributed by atoms with E-state index in [1.54, 1.807) is 5.51 Å². The van der Waals surface area contributed by atoms with Gasteiger partial charge in [-0.25, -0.2) is 13.4 Å². The van der Waals surface area contributed by atoms with Crippen LogP contribution in [0, 0.1) is 0 Å². The summed E-state index contributed by atoms with van der Waals surface area (Å²) in [6.45, 7) is 0.160. The molecule has 0 atom stereocenters. The molecule has 0 radical (unpaired) electrons. The summed E-state index contributed by atoms with van der Waals surface area (Å²) in [7, 11) is -3.66. The molecule has 0 saturated heterocycles. The predicted octanol–water partition coefficient (Wildman–Crippen LogP) is 0.705. The Bertz CT molecular complexity index is 906. The molecular formula is C15H15N3O5S2. The molecule has 10 heteroatoms. The van der Waals surface area contributed by atoms with Gasteiger partial charge in [0.1, 0.15) is 6.54 Å². The molecule has 0 bridgehead atoms. The summed E-state index contributed by atoms with van der Waals surface area (Å²) in [4.78, 5) is 27.5. The fourth-order valence-electron chi connectivity index (χ4n) is 2.49. The van der Waals surface area contributed by atoms with Gasteiger partial charge in [0.25, 0.3) is 5.91 Å². The summed E-state index contributed by atoms with van der Waals surface area (Å²) < 4.78 is 26.9. The van der Waals surface area contributed by atoms with E-state index in [9.17, 15) is 18.0 Å². The molecule has 2 N–H and O–H groups in total. The quantitative estimate of drug-likeness (QED) is 0.788. The SMILES string of the molecule is O=C(O)CNC(=O)c1ccc(S(=O)(=O)N2CCc3ncsc3C2)cc1. The van der Waals surface area contributed by atoms with E-state index in [-0.39, 0.29) is 10.5 Å². The Morgan fingerprint density at radius 2 is 2.00 bits per heavy atom. The number of thiazole rings is 1. The number of aliphatic carboxylic acids is 1. The number of nitrogens with one attached hydrogen (secondary N) is 1. The maximum absolute atomic E-state index is 12.7. The van der Waals surface area contributed by atoms with Crippen molar-refractivity contribution in [2.45, 2.75) is 17.9 Å². The monoisotopic (exact) mass is 381 g/mol. The third-order valence-corrected chi connectivity index (χ3v) is 6.52. The molecule has 2 aromatic rings. The van der Waals surface area contributed by atoms with E-state index >= 15 is 0 Å². The van der Waals surface area contributed by atoms with Gasteiger partial charge in [0.2, 0.25) is 10.0 Å². The van der Waals surface area contributed by atoms with Crippen molar-refractivity contribution in [1.29, 1.82) is 0 Å². The highest BCUT2D eigenvalue weighted by atomic mass is 32.2. The van der Waals surface area contributed by atoms with Crippen LogP contribution in [-0.2, 0) is 27.8 Å². The van der Waals surface area contributed by atoms with Crippen LogP contribution < -0.4 is 5.32 Å². The maximum atomic E-state index is 12.7. The van der Waals surface area contributed by atoms with Gasteiger partial charge in [-0.15, -0.1) is 11.3 Å². The fraction of sp³-hybridized carbons (Fsp3) is 0.267. The summed E-state index contributed by atoms with van der Waals surface area (Å²) in [5.74, 6) is -1.72. The number of rotatable bonds is 5. The molecule has 1 amide bonds. The first-order valence-electron chi connectivity index (χ1n) is 7.39. The number of nitrogens with zero attached hydrogens (tertiary/aromatic N) is 2. The van der Waals surface area contributed by atoms with Gasteiger partial charge in [-0.2, -0.15) is 4.31 Å². The molecule has 25 heavy (non-hydrogen) atoms. The zero-order chi connectivity index (χ0) is 18.0. The molecule has 0 unspecified atom stereocenters. The molecule has 0 fully saturated rings. The van der Waals surface area contributed by atoms with Crippen LogP contribution in [0.1, 0.15) is 20.9 Å². The van der Waals surface area contributed by atoms with Crippen molar-refractivity contribution in [1.82, 2.24) is 14.6 Å². The predicted molar refractivity (Wildman–Crippen MR) is 89.8 cm³/mol. The lowest BCUT2D eigenvalue weighted by atomic mass is 10.2. The van der Waals surface area contributed by atoms with Crippen LogP contribution in [-0.4, -0.2) is 47.8 Å². The number of aromatic nitrogens is 1. The van der Waals surface area contributed by atoms with E-state index in [4.69, 9.17) is 5.11 Å². The van der Waals surface area contributed by atoms with Gasteiger partial charge in [0.05, 0.1) is 22.6 Å². The summed E-state index contributed by atoms with van der Waals surface area (Å²) >= 11 is 1.44. The topological polar surface area (TPSA) is 117 Å². The minimum Gasteiger partial charge on any atom is -0.480 e. The molecule has 0 spiro atoms. The lowest BCUT2D eigenvalue weighted by Crippen LogP contribution is -2.35. The van der Waals surface area contributed by atoms with Crippen molar-refractivity contribution in [3.05, 3.63) is 45.9 Å². The number of amides is 1. The molecule has 2 heterocycles. The van der Waals surface area contributed by atoms with Crippen molar-refractivity contribution < 1.29 is 23.1 Å². The van der Waals surface area contributed by atoms with Crippen molar-refractivity contribution in [3.63, 3.8) is 0 Å². The van der Waals surface area contributed by atoms with E-state index in [1.165, 1.54) is 39.9 Å². The van der Waals surface area contributed by atoms with Crippen LogP contribution in [0.2, 0.25) is 0 Å². The summed E-state index contributed by atoms with van der Waals surface area (Å²) in [6.07, 6.45) is 0.577. The molecule has 132 valence electrons. The highest BCUT2D eigenvalue weighted by molar-refractivity contribution is 7.89. The molecular weight excluding hydrogens is 366 g/mol. The van der Waals surface area contributed by atoms with E-state index < -0.39 is 28.4 Å². The number of carboxylic acids is 1. The number of hydrogen-bond donors (Lipinski definition) is 2. The Labute approximate surface area is 148 Å². The van der Waals surface area contributed by atoms with Crippen LogP contribution in [0.5, 0.6) is 0 Å². The fourth-order valence-corrected chi connectivity index (χ4v) is 4.81. The Balaban J connectivity index is 1.75. The number of sulfonamides is 1. The van der Waals surface area contributed by atoms with Crippen molar-refractivity contribution in [3.8, 4) is 0 Å². The van der Waals surface area contributed by atoms with Crippen molar-refractivity contribution in [2.75, 3.05) is 13.1 Å². The zero-order valence-electron chi connectivity index (χ0n) is 13.0. The minimum atomic E-state index is -3.66. The van der Waals surface area contributed by atoms with Gasteiger partial charge in [0.15, 0.2) is 0 Å². The van der Waals surface area contributed by atoms with Gasteiger partial charge in [-0.05, 0) is 24.3 Å². The molecule has 1 aromatic heterocycles. The molecule has 1 aliphatic rings. The van der Waals surface area contributed by atoms with Gasteiger partial charge < -0.3 is 10.4 Å². The van der Waals surface area contributed by atoms with Gasteiger partial charge in [-0.3, -0.25) is 9.59 Å². The number of benzene rings is 1. The highest BCUT2D eigenvalue weighted by Crippen LogP contribution is 2.26. The third-order valence-electron chi connectivity index (χ3n) is 3.80. The molecule has 8 nitrogen and oxygen atoms in total. The molecule has 1 aliphatic heterocycles. The maximum Gasteiger partial charge on any atom is 0.322 e. The standard InChI is InChI=1S/C15H15N3O5S2/c19-14(20)7-16-15(21)10-1-3-11(4-2-10)25(22,23)18-6-5-12-13(8-18)24-9-17-12/h1-4,9H,5-8H2,(H,16,21)(H,19,20). The summed E-state index contributed by atoms with van der Waals surface area (Å²) in [5.41, 5.74) is 2.86. The van der Waals surface area contributed by atoms with Gasteiger partial charge in [-0.1, -0.05) is 0 Å². The smallest absolute Gasteiger partial charge is 0.322 e. The summed E-state index contributed by atoms with van der Waals surface area (Å²) in [5, 5.41) is 10.8. The largest absolute Gasteiger partial charge is 0.480 e. The van der Waals surface area contributed by atoms with Crippen molar-refractivity contribution in [2.24, 2.45) is 0 Å². The van der Waals surface area contributed by atoms with Crippen LogP contribution in [0.25, 0.3) is 0 Å². The normalized spacial score (nSPS) is 14.7. The van der Waals surface area contributed by atoms with Crippen LogP contribution >= 0.6 is 11.3 Å². The Morgan fingerprint density at radius 1 is 1.28 bits per heavy atom. The van der Waals surface area contributed by atoms with Gasteiger partial charge in [0, 0.05) is 23.4 Å². The van der Waals surface area contributed by atoms with E-state index in [2.05, 4.69) is 10.3 Å². The lowest BCUT2D eigenvalue weighted by Gasteiger charge is -2.25. The molecule has 3 rings (SSSR count). The molecule has 1 aromatic carbocycles. The first kappa shape index (κ1) is 17.5. The van der Waals surface area contributed by atoms with Crippen LogP contribution in [0.15, 0.2) is 34.7 Å². The average Bonchev–Trinajstić information content (AvgIpc) is 3.07.